The highest BCUT2D eigenvalue weighted by molar-refractivity contribution is 8.22. The number of thioether (sulfide) groups is 1. The summed E-state index contributed by atoms with van der Waals surface area (Å²) in [4.78, 5) is 12.4. The number of fused-ring (bicyclic) bond motifs is 1. The van der Waals surface area contributed by atoms with Crippen molar-refractivity contribution in [2.75, 3.05) is 6.26 Å². The van der Waals surface area contributed by atoms with Gasteiger partial charge in [0.1, 0.15) is 0 Å². The first-order valence-corrected chi connectivity index (χ1v) is 8.54. The molecule has 0 radical (unpaired) electrons. The Kier molecular flexibility index (Phi) is 4.40. The van der Waals surface area contributed by atoms with Crippen LogP contribution >= 0.6 is 24.0 Å². The van der Waals surface area contributed by atoms with Crippen LogP contribution in [0.25, 0.3) is 10.8 Å². The Balaban J connectivity index is 2.05. The fourth-order valence-corrected chi connectivity index (χ4v) is 2.71. The maximum Gasteiger partial charge on any atom is 0.300 e. The van der Waals surface area contributed by atoms with Crippen LogP contribution in [0.1, 0.15) is 5.69 Å². The van der Waals surface area contributed by atoms with E-state index < -0.39 is 0 Å². The number of hydrogen-bond donors (Lipinski definition) is 1. The van der Waals surface area contributed by atoms with Gasteiger partial charge >= 0.3 is 5.56 Å². The summed E-state index contributed by atoms with van der Waals surface area (Å²) < 4.78 is 1.76. The van der Waals surface area contributed by atoms with Gasteiger partial charge in [-0.15, -0.1) is 10.2 Å². The molecule has 0 bridgehead atoms. The Morgan fingerprint density at radius 3 is 2.70 bits per heavy atom. The van der Waals surface area contributed by atoms with Gasteiger partial charge in [-0.3, -0.25) is 9.89 Å². The largest absolute Gasteiger partial charge is 0.300 e. The molecular weight excluding hydrogens is 328 g/mol. The monoisotopic (exact) mass is 342 g/mol. The number of aryl methyl sites for hydroxylation is 1. The maximum absolute atomic E-state index is 12.4. The van der Waals surface area contributed by atoms with Crippen molar-refractivity contribution in [3.63, 3.8) is 0 Å². The van der Waals surface area contributed by atoms with E-state index in [1.54, 1.807) is 6.92 Å². The zero-order valence-corrected chi connectivity index (χ0v) is 14.2. The van der Waals surface area contributed by atoms with E-state index in [-0.39, 0.29) is 11.2 Å². The molecule has 0 spiro atoms. The van der Waals surface area contributed by atoms with Gasteiger partial charge in [0.15, 0.2) is 10.0 Å². The minimum Gasteiger partial charge on any atom is -0.292 e. The van der Waals surface area contributed by atoms with Crippen molar-refractivity contribution in [1.82, 2.24) is 9.78 Å². The average molecular weight is 342 g/mol. The van der Waals surface area contributed by atoms with E-state index in [0.717, 1.165) is 16.5 Å². The van der Waals surface area contributed by atoms with Crippen molar-refractivity contribution in [3.8, 4) is 0 Å². The maximum atomic E-state index is 12.4. The zero-order valence-electron chi connectivity index (χ0n) is 12.6. The van der Waals surface area contributed by atoms with Crippen LogP contribution in [-0.2, 0) is 0 Å². The summed E-state index contributed by atoms with van der Waals surface area (Å²) in [5.41, 5.74) is 1.35. The molecule has 0 unspecified atom stereocenters. The van der Waals surface area contributed by atoms with Gasteiger partial charge in [-0.2, -0.15) is 0 Å². The molecule has 5 nitrogen and oxygen atoms in total. The molecule has 0 saturated carbocycles. The second kappa shape index (κ2) is 6.47. The number of nitrogens with one attached hydrogen (secondary N) is 1. The third kappa shape index (κ3) is 2.97. The SMILES string of the molecule is CSC(=S)n1[nH]c(C)c(N=Nc2cccc3ccccc23)c1=O. The highest BCUT2D eigenvalue weighted by Crippen LogP contribution is 2.27. The van der Waals surface area contributed by atoms with Crippen molar-refractivity contribution in [2.45, 2.75) is 6.92 Å². The van der Waals surface area contributed by atoms with Gasteiger partial charge in [0.25, 0.3) is 0 Å². The molecule has 3 aromatic rings. The van der Waals surface area contributed by atoms with Crippen LogP contribution in [0.5, 0.6) is 0 Å². The van der Waals surface area contributed by atoms with E-state index >= 15 is 0 Å². The molecule has 1 aromatic heterocycles. The molecule has 0 amide bonds. The normalized spacial score (nSPS) is 11.4. The van der Waals surface area contributed by atoms with Crippen LogP contribution < -0.4 is 5.56 Å². The van der Waals surface area contributed by atoms with Gasteiger partial charge in [-0.25, -0.2) is 4.68 Å². The Morgan fingerprint density at radius 1 is 1.17 bits per heavy atom. The van der Waals surface area contributed by atoms with Crippen molar-refractivity contribution in [1.29, 1.82) is 0 Å². The minimum absolute atomic E-state index is 0.273. The molecule has 1 N–H and O–H groups in total. The minimum atomic E-state index is -0.286. The summed E-state index contributed by atoms with van der Waals surface area (Å²) in [5.74, 6) is 0. The van der Waals surface area contributed by atoms with Crippen LogP contribution in [0.15, 0.2) is 57.5 Å². The summed E-state index contributed by atoms with van der Waals surface area (Å²) in [6, 6.07) is 13.7. The Bertz CT molecular complexity index is 966. The van der Waals surface area contributed by atoms with E-state index in [9.17, 15) is 4.79 Å². The summed E-state index contributed by atoms with van der Waals surface area (Å²) in [6.07, 6.45) is 1.82. The lowest BCUT2D eigenvalue weighted by atomic mass is 10.1. The second-order valence-electron chi connectivity index (χ2n) is 4.89. The van der Waals surface area contributed by atoms with Crippen LogP contribution in [0.2, 0.25) is 0 Å². The highest BCUT2D eigenvalue weighted by Gasteiger charge is 2.13. The van der Waals surface area contributed by atoms with E-state index in [1.807, 2.05) is 48.7 Å². The number of hydrogen-bond acceptors (Lipinski definition) is 5. The van der Waals surface area contributed by atoms with Crippen molar-refractivity contribution in [3.05, 3.63) is 58.5 Å². The van der Waals surface area contributed by atoms with Crippen molar-refractivity contribution < 1.29 is 0 Å². The van der Waals surface area contributed by atoms with Gasteiger partial charge in [-0.1, -0.05) is 60.4 Å². The van der Waals surface area contributed by atoms with Gasteiger partial charge in [0, 0.05) is 5.39 Å². The molecule has 0 saturated heterocycles. The molecule has 2 aromatic carbocycles. The second-order valence-corrected chi connectivity index (χ2v) is 6.33. The van der Waals surface area contributed by atoms with E-state index in [1.165, 1.54) is 16.4 Å². The molecule has 0 aliphatic carbocycles. The first-order chi connectivity index (χ1) is 11.1. The van der Waals surface area contributed by atoms with E-state index in [0.29, 0.717) is 10.0 Å². The lowest BCUT2D eigenvalue weighted by Crippen LogP contribution is -2.20. The smallest absolute Gasteiger partial charge is 0.292 e. The number of H-pyrrole nitrogens is 1. The van der Waals surface area contributed by atoms with Gasteiger partial charge in [0.2, 0.25) is 0 Å². The predicted molar refractivity (Wildman–Crippen MR) is 99.4 cm³/mol. The van der Waals surface area contributed by atoms with Gasteiger partial charge in [0.05, 0.1) is 11.4 Å². The van der Waals surface area contributed by atoms with Crippen LogP contribution in [0.4, 0.5) is 11.4 Å². The predicted octanol–water partition coefficient (Wildman–Crippen LogP) is 4.55. The average Bonchev–Trinajstić information content (AvgIpc) is 2.86. The van der Waals surface area contributed by atoms with Crippen LogP contribution in [0.3, 0.4) is 0 Å². The first kappa shape index (κ1) is 15.6. The van der Waals surface area contributed by atoms with Gasteiger partial charge < -0.3 is 0 Å². The number of aromatic nitrogens is 2. The molecule has 0 aliphatic rings. The van der Waals surface area contributed by atoms with E-state index in [2.05, 4.69) is 15.3 Å². The molecule has 3 rings (SSSR count). The van der Waals surface area contributed by atoms with Crippen molar-refractivity contribution >= 4 is 50.4 Å². The fraction of sp³-hybridized carbons (Fsp3) is 0.125. The number of nitrogens with zero attached hydrogens (tertiary/aromatic N) is 3. The fourth-order valence-electron chi connectivity index (χ4n) is 2.27. The third-order valence-electron chi connectivity index (χ3n) is 3.42. The number of azo groups is 1. The Hall–Kier alpha value is -2.25. The number of benzene rings is 2. The molecule has 0 fully saturated rings. The molecule has 0 aliphatic heterocycles. The number of thiocarbonyl (C=S) groups is 1. The van der Waals surface area contributed by atoms with Gasteiger partial charge in [-0.05, 0) is 24.6 Å². The third-order valence-corrected chi connectivity index (χ3v) is 4.64. The zero-order chi connectivity index (χ0) is 16.4. The molecule has 23 heavy (non-hydrogen) atoms. The molecule has 0 atom stereocenters. The summed E-state index contributed by atoms with van der Waals surface area (Å²) >= 11 is 6.47. The number of rotatable bonds is 2. The lowest BCUT2D eigenvalue weighted by molar-refractivity contribution is 0.910. The Labute approximate surface area is 142 Å². The molecule has 1 heterocycles. The summed E-state index contributed by atoms with van der Waals surface area (Å²) in [6.45, 7) is 1.78. The lowest BCUT2D eigenvalue weighted by Gasteiger charge is -1.99. The summed E-state index contributed by atoms with van der Waals surface area (Å²) in [5, 5.41) is 13.4. The highest BCUT2D eigenvalue weighted by atomic mass is 32.2. The summed E-state index contributed by atoms with van der Waals surface area (Å²) in [7, 11) is 0. The molecule has 116 valence electrons. The van der Waals surface area contributed by atoms with Crippen LogP contribution in [-0.4, -0.2) is 20.4 Å². The topological polar surface area (TPSA) is 62.5 Å². The molecular formula is C16H14N4OS2. The first-order valence-electron chi connectivity index (χ1n) is 6.91. The van der Waals surface area contributed by atoms with E-state index in [4.69, 9.17) is 12.2 Å². The van der Waals surface area contributed by atoms with Crippen molar-refractivity contribution in [2.24, 2.45) is 10.2 Å². The molecule has 7 heteroatoms. The quantitative estimate of drug-likeness (QED) is 0.549. The standard InChI is InChI=1S/C16H14N4OS2/c1-10-14(15(21)20(19-10)16(22)23-2)18-17-13-9-5-7-11-6-3-4-8-12(11)13/h3-9,19H,1-2H3. The van der Waals surface area contributed by atoms with Crippen LogP contribution in [0, 0.1) is 6.92 Å². The Morgan fingerprint density at radius 2 is 1.91 bits per heavy atom. The number of aromatic amines is 1.